The van der Waals surface area contributed by atoms with Gasteiger partial charge < -0.3 is 0 Å². The Morgan fingerprint density at radius 2 is 1.96 bits per heavy atom. The molecular formula is C20H16F2N4OS. The predicted molar refractivity (Wildman–Crippen MR) is 104 cm³/mol. The average molecular weight is 398 g/mol. The number of fused-ring (bicyclic) bond motifs is 1. The summed E-state index contributed by atoms with van der Waals surface area (Å²) in [6.45, 7) is 2.67. The lowest BCUT2D eigenvalue weighted by atomic mass is 10.2. The molecule has 0 radical (unpaired) electrons. The Balaban J connectivity index is 1.81. The van der Waals surface area contributed by atoms with E-state index in [1.54, 1.807) is 16.9 Å². The molecule has 0 fully saturated rings. The highest BCUT2D eigenvalue weighted by atomic mass is 32.1. The van der Waals surface area contributed by atoms with E-state index in [1.165, 1.54) is 11.0 Å². The summed E-state index contributed by atoms with van der Waals surface area (Å²) >= 11 is 1.08. The van der Waals surface area contributed by atoms with Crippen molar-refractivity contribution in [2.75, 3.05) is 4.90 Å². The van der Waals surface area contributed by atoms with Crippen LogP contribution in [-0.4, -0.2) is 20.7 Å². The second-order valence-corrected chi connectivity index (χ2v) is 7.15. The number of benzene rings is 2. The third kappa shape index (κ3) is 3.38. The number of rotatable bonds is 5. The molecule has 142 valence electrons. The van der Waals surface area contributed by atoms with Crippen molar-refractivity contribution in [3.05, 3.63) is 77.6 Å². The fourth-order valence-electron chi connectivity index (χ4n) is 2.96. The number of amides is 1. The molecule has 1 amide bonds. The molecule has 5 nitrogen and oxygen atoms in total. The van der Waals surface area contributed by atoms with Gasteiger partial charge in [0.05, 0.1) is 11.2 Å². The van der Waals surface area contributed by atoms with Gasteiger partial charge in [0.15, 0.2) is 10.9 Å². The van der Waals surface area contributed by atoms with Crippen LogP contribution in [0.15, 0.2) is 54.7 Å². The van der Waals surface area contributed by atoms with Crippen molar-refractivity contribution in [1.82, 2.24) is 14.8 Å². The van der Waals surface area contributed by atoms with Crippen LogP contribution in [0.25, 0.3) is 10.2 Å². The van der Waals surface area contributed by atoms with Gasteiger partial charge in [-0.1, -0.05) is 41.7 Å². The Labute approximate surface area is 163 Å². The van der Waals surface area contributed by atoms with Crippen molar-refractivity contribution in [1.29, 1.82) is 0 Å². The minimum Gasteiger partial charge on any atom is -0.278 e. The molecule has 8 heteroatoms. The first-order valence-electron chi connectivity index (χ1n) is 8.70. The van der Waals surface area contributed by atoms with Gasteiger partial charge >= 0.3 is 0 Å². The lowest BCUT2D eigenvalue weighted by Gasteiger charge is -2.20. The van der Waals surface area contributed by atoms with Crippen molar-refractivity contribution < 1.29 is 13.6 Å². The van der Waals surface area contributed by atoms with Crippen molar-refractivity contribution in [3.8, 4) is 0 Å². The molecule has 4 rings (SSSR count). The first kappa shape index (κ1) is 18.2. The highest BCUT2D eigenvalue weighted by Crippen LogP contribution is 2.32. The van der Waals surface area contributed by atoms with E-state index in [0.29, 0.717) is 22.1 Å². The Hall–Kier alpha value is -3.13. The molecule has 0 saturated heterocycles. The first-order valence-corrected chi connectivity index (χ1v) is 9.51. The van der Waals surface area contributed by atoms with Crippen LogP contribution in [0.3, 0.4) is 0 Å². The number of halogens is 2. The maximum atomic E-state index is 14.1. The molecule has 0 aliphatic carbocycles. The minimum atomic E-state index is -0.747. The number of carbonyl (C=O) groups is 1. The van der Waals surface area contributed by atoms with Gasteiger partial charge in [-0.15, -0.1) is 0 Å². The summed E-state index contributed by atoms with van der Waals surface area (Å²) in [5, 5.41) is 4.45. The maximum Gasteiger partial charge on any atom is 0.278 e. The van der Waals surface area contributed by atoms with Crippen LogP contribution < -0.4 is 4.90 Å². The number of anilines is 1. The molecule has 0 aliphatic heterocycles. The summed E-state index contributed by atoms with van der Waals surface area (Å²) in [6, 6.07) is 13.1. The van der Waals surface area contributed by atoms with Crippen LogP contribution in [0.1, 0.15) is 23.0 Å². The van der Waals surface area contributed by atoms with Gasteiger partial charge in [-0.05, 0) is 24.6 Å². The van der Waals surface area contributed by atoms with Gasteiger partial charge in [-0.2, -0.15) is 5.10 Å². The van der Waals surface area contributed by atoms with E-state index in [4.69, 9.17) is 0 Å². The van der Waals surface area contributed by atoms with Gasteiger partial charge in [0.2, 0.25) is 0 Å². The third-order valence-corrected chi connectivity index (χ3v) is 5.32. The third-order valence-electron chi connectivity index (χ3n) is 4.30. The number of nitrogens with zero attached hydrogens (tertiary/aromatic N) is 4. The number of carbonyl (C=O) groups excluding carboxylic acids is 1. The molecule has 0 spiro atoms. The van der Waals surface area contributed by atoms with E-state index in [2.05, 4.69) is 10.1 Å². The van der Waals surface area contributed by atoms with E-state index < -0.39 is 11.6 Å². The fraction of sp³-hybridized carbons (Fsp3) is 0.150. The quantitative estimate of drug-likeness (QED) is 0.492. The second kappa shape index (κ2) is 7.47. The van der Waals surface area contributed by atoms with Gasteiger partial charge in [-0.3, -0.25) is 14.4 Å². The number of aryl methyl sites for hydroxylation is 1. The Kier molecular flexibility index (Phi) is 4.87. The molecule has 0 atom stereocenters. The van der Waals surface area contributed by atoms with Crippen LogP contribution in [0.5, 0.6) is 0 Å². The smallest absolute Gasteiger partial charge is 0.278 e. The average Bonchev–Trinajstić information content (AvgIpc) is 3.33. The monoisotopic (exact) mass is 398 g/mol. The van der Waals surface area contributed by atoms with E-state index in [0.717, 1.165) is 23.0 Å². The molecule has 4 aromatic rings. The SMILES string of the molecule is CCn1nccc1C(=O)N(Cc1ccccc1)c1nc2c(F)cc(F)cc2s1. The van der Waals surface area contributed by atoms with Crippen LogP contribution in [0.4, 0.5) is 13.9 Å². The topological polar surface area (TPSA) is 51.0 Å². The Bertz CT molecular complexity index is 1140. The molecule has 0 unspecified atom stereocenters. The lowest BCUT2D eigenvalue weighted by molar-refractivity contribution is 0.0975. The normalized spacial score (nSPS) is 11.1. The summed E-state index contributed by atoms with van der Waals surface area (Å²) in [5.74, 6) is -1.73. The highest BCUT2D eigenvalue weighted by Gasteiger charge is 2.25. The zero-order chi connectivity index (χ0) is 19.7. The summed E-state index contributed by atoms with van der Waals surface area (Å²) in [7, 11) is 0. The zero-order valence-electron chi connectivity index (χ0n) is 15.0. The fourth-order valence-corrected chi connectivity index (χ4v) is 3.96. The molecule has 2 aromatic carbocycles. The van der Waals surface area contributed by atoms with E-state index in [-0.39, 0.29) is 18.0 Å². The number of hydrogen-bond acceptors (Lipinski definition) is 4. The van der Waals surface area contributed by atoms with Crippen molar-refractivity contribution in [2.45, 2.75) is 20.0 Å². The largest absolute Gasteiger partial charge is 0.278 e. The molecule has 0 bridgehead atoms. The second-order valence-electron chi connectivity index (χ2n) is 6.14. The van der Waals surface area contributed by atoms with Gasteiger partial charge in [0.1, 0.15) is 17.0 Å². The zero-order valence-corrected chi connectivity index (χ0v) is 15.8. The van der Waals surface area contributed by atoms with Gasteiger partial charge in [0, 0.05) is 18.8 Å². The molecule has 2 aromatic heterocycles. The molecular weight excluding hydrogens is 382 g/mol. The summed E-state index contributed by atoms with van der Waals surface area (Å²) in [4.78, 5) is 19.0. The predicted octanol–water partition coefficient (Wildman–Crippen LogP) is 4.64. The first-order chi connectivity index (χ1) is 13.6. The molecule has 2 heterocycles. The molecule has 0 aliphatic rings. The summed E-state index contributed by atoms with van der Waals surface area (Å²) in [6.07, 6.45) is 1.56. The lowest BCUT2D eigenvalue weighted by Crippen LogP contribution is -2.32. The van der Waals surface area contributed by atoms with Crippen LogP contribution in [-0.2, 0) is 13.1 Å². The van der Waals surface area contributed by atoms with Gasteiger partial charge in [0.25, 0.3) is 5.91 Å². The van der Waals surface area contributed by atoms with E-state index in [9.17, 15) is 13.6 Å². The Morgan fingerprint density at radius 1 is 1.18 bits per heavy atom. The van der Waals surface area contributed by atoms with Gasteiger partial charge in [-0.25, -0.2) is 13.8 Å². The van der Waals surface area contributed by atoms with Crippen molar-refractivity contribution in [3.63, 3.8) is 0 Å². The number of aromatic nitrogens is 3. The van der Waals surface area contributed by atoms with Crippen molar-refractivity contribution in [2.24, 2.45) is 0 Å². The summed E-state index contributed by atoms with van der Waals surface area (Å²) < 4.78 is 29.7. The maximum absolute atomic E-state index is 14.1. The van der Waals surface area contributed by atoms with Crippen LogP contribution in [0, 0.1) is 11.6 Å². The standard InChI is InChI=1S/C20H16F2N4OS/c1-2-26-16(8-9-23-26)19(27)25(12-13-6-4-3-5-7-13)20-24-18-15(22)10-14(21)11-17(18)28-20/h3-11H,2,12H2,1H3. The van der Waals surface area contributed by atoms with E-state index >= 15 is 0 Å². The number of thiazole rings is 1. The van der Waals surface area contributed by atoms with Crippen LogP contribution >= 0.6 is 11.3 Å². The molecule has 28 heavy (non-hydrogen) atoms. The Morgan fingerprint density at radius 3 is 2.71 bits per heavy atom. The molecule has 0 N–H and O–H groups in total. The van der Waals surface area contributed by atoms with Crippen LogP contribution in [0.2, 0.25) is 0 Å². The molecule has 0 saturated carbocycles. The van der Waals surface area contributed by atoms with Crippen molar-refractivity contribution >= 4 is 32.6 Å². The van der Waals surface area contributed by atoms with E-state index in [1.807, 2.05) is 37.3 Å². The number of hydrogen-bond donors (Lipinski definition) is 0. The highest BCUT2D eigenvalue weighted by molar-refractivity contribution is 7.22. The summed E-state index contributed by atoms with van der Waals surface area (Å²) in [5.41, 5.74) is 1.35. The minimum absolute atomic E-state index is 0.0521.